The summed E-state index contributed by atoms with van der Waals surface area (Å²) in [7, 11) is 1.40. The van der Waals surface area contributed by atoms with E-state index in [1.165, 1.54) is 13.2 Å². The molecule has 256 valence electrons. The number of ether oxygens (including phenoxy) is 4. The summed E-state index contributed by atoms with van der Waals surface area (Å²) in [5, 5.41) is 0. The lowest BCUT2D eigenvalue weighted by Gasteiger charge is -2.42. The van der Waals surface area contributed by atoms with E-state index in [2.05, 4.69) is 16.2 Å². The van der Waals surface area contributed by atoms with Crippen molar-refractivity contribution in [3.63, 3.8) is 0 Å². The van der Waals surface area contributed by atoms with Gasteiger partial charge in [-0.05, 0) is 103 Å². The summed E-state index contributed by atoms with van der Waals surface area (Å²) < 4.78 is 41.9. The van der Waals surface area contributed by atoms with E-state index in [0.717, 1.165) is 84.6 Å². The molecular weight excluding hydrogens is 609 g/mol. The standard InChI is InChI=1S/C39H48FN3O5/c1-25-22-32-41-31-24-43(32)36(33(25)35(37(44)45-7)48-38(3,4)5)42-19-17-39(6,18-20-42)46-21-9-8-12-26(2)47-34-29(15-11-16-30(34)40)27-13-10-14-28(31)23-27/h10-11,13-16,22-24,26,35H,8-9,12,17-21H2,1-7H3. The van der Waals surface area contributed by atoms with Crippen molar-refractivity contribution in [3.8, 4) is 28.1 Å². The first kappa shape index (κ1) is 33.9. The number of aryl methyl sites for hydroxylation is 1. The molecule has 9 heteroatoms. The van der Waals surface area contributed by atoms with Crippen molar-refractivity contribution in [3.05, 3.63) is 71.7 Å². The molecule has 3 aliphatic heterocycles. The van der Waals surface area contributed by atoms with Crippen LogP contribution in [-0.4, -0.2) is 59.5 Å². The normalized spacial score (nSPS) is 21.1. The quantitative estimate of drug-likeness (QED) is 0.205. The first-order chi connectivity index (χ1) is 22.9. The van der Waals surface area contributed by atoms with Crippen molar-refractivity contribution < 1.29 is 28.1 Å². The number of pyridine rings is 1. The second-order valence-corrected chi connectivity index (χ2v) is 14.5. The Morgan fingerprint density at radius 1 is 1.08 bits per heavy atom. The van der Waals surface area contributed by atoms with Gasteiger partial charge in [-0.2, -0.15) is 0 Å². The number of benzene rings is 2. The zero-order valence-electron chi connectivity index (χ0n) is 29.3. The van der Waals surface area contributed by atoms with Gasteiger partial charge in [0, 0.05) is 42.6 Å². The number of methoxy groups -OCH3 is 1. The van der Waals surface area contributed by atoms with Crippen LogP contribution < -0.4 is 9.64 Å². The van der Waals surface area contributed by atoms with Gasteiger partial charge >= 0.3 is 5.97 Å². The van der Waals surface area contributed by atoms with Crippen LogP contribution in [0.3, 0.4) is 0 Å². The molecule has 4 aromatic rings. The molecule has 0 amide bonds. The number of esters is 1. The van der Waals surface area contributed by atoms with Gasteiger partial charge in [0.05, 0.1) is 30.1 Å². The van der Waals surface area contributed by atoms with Crippen LogP contribution in [0.2, 0.25) is 0 Å². The minimum absolute atomic E-state index is 0.154. The van der Waals surface area contributed by atoms with Crippen LogP contribution in [0.25, 0.3) is 28.0 Å². The summed E-state index contributed by atoms with van der Waals surface area (Å²) in [5.41, 5.74) is 4.71. The minimum Gasteiger partial charge on any atom is -0.487 e. The number of rotatable bonds is 3. The average molecular weight is 658 g/mol. The molecule has 8 nitrogen and oxygen atoms in total. The second kappa shape index (κ2) is 13.5. The predicted molar refractivity (Wildman–Crippen MR) is 186 cm³/mol. The number of anilines is 1. The minimum atomic E-state index is -0.938. The molecule has 2 aromatic heterocycles. The molecule has 6 bridgehead atoms. The van der Waals surface area contributed by atoms with Crippen LogP contribution in [0, 0.1) is 12.7 Å². The van der Waals surface area contributed by atoms with E-state index in [-0.39, 0.29) is 23.3 Å². The number of halogens is 1. The Hall–Kier alpha value is -3.95. The van der Waals surface area contributed by atoms with E-state index in [4.69, 9.17) is 23.9 Å². The van der Waals surface area contributed by atoms with Gasteiger partial charge in [0.1, 0.15) is 11.5 Å². The van der Waals surface area contributed by atoms with Gasteiger partial charge in [-0.3, -0.25) is 4.40 Å². The van der Waals surface area contributed by atoms with Gasteiger partial charge < -0.3 is 23.8 Å². The Bertz CT molecular complexity index is 1790. The van der Waals surface area contributed by atoms with Crippen LogP contribution in [0.1, 0.15) is 84.0 Å². The van der Waals surface area contributed by atoms with Crippen molar-refractivity contribution in [1.82, 2.24) is 9.38 Å². The van der Waals surface area contributed by atoms with E-state index >= 15 is 4.39 Å². The highest BCUT2D eigenvalue weighted by molar-refractivity contribution is 5.81. The summed E-state index contributed by atoms with van der Waals surface area (Å²) in [6, 6.07) is 15.0. The number of para-hydroxylation sites is 1. The number of carbonyl (C=O) groups excluding carboxylic acids is 1. The van der Waals surface area contributed by atoms with Crippen LogP contribution in [-0.2, 0) is 19.0 Å². The number of nitrogens with zero attached hydrogens (tertiary/aromatic N) is 3. The molecule has 0 saturated carbocycles. The molecule has 0 aliphatic carbocycles. The highest BCUT2D eigenvalue weighted by Crippen LogP contribution is 2.41. The largest absolute Gasteiger partial charge is 0.487 e. The van der Waals surface area contributed by atoms with Gasteiger partial charge in [-0.1, -0.05) is 30.3 Å². The van der Waals surface area contributed by atoms with E-state index in [9.17, 15) is 4.79 Å². The third-order valence-electron chi connectivity index (χ3n) is 9.45. The zero-order valence-corrected chi connectivity index (χ0v) is 29.3. The molecule has 0 N–H and O–H groups in total. The van der Waals surface area contributed by atoms with Crippen molar-refractivity contribution in [2.45, 2.75) is 97.1 Å². The Balaban J connectivity index is 1.54. The summed E-state index contributed by atoms with van der Waals surface area (Å²) in [4.78, 5) is 20.8. The molecule has 5 heterocycles. The molecule has 1 fully saturated rings. The van der Waals surface area contributed by atoms with E-state index in [1.54, 1.807) is 6.07 Å². The van der Waals surface area contributed by atoms with Crippen LogP contribution in [0.5, 0.6) is 5.75 Å². The van der Waals surface area contributed by atoms with Gasteiger partial charge in [0.15, 0.2) is 17.7 Å². The van der Waals surface area contributed by atoms with Gasteiger partial charge in [-0.15, -0.1) is 0 Å². The number of hydrogen-bond acceptors (Lipinski definition) is 7. The molecule has 2 unspecified atom stereocenters. The molecule has 2 aromatic carbocycles. The third-order valence-corrected chi connectivity index (χ3v) is 9.45. The van der Waals surface area contributed by atoms with Crippen molar-refractivity contribution in [1.29, 1.82) is 0 Å². The predicted octanol–water partition coefficient (Wildman–Crippen LogP) is 8.47. The first-order valence-corrected chi connectivity index (χ1v) is 17.1. The molecule has 48 heavy (non-hydrogen) atoms. The third kappa shape index (κ3) is 7.08. The fourth-order valence-corrected chi connectivity index (χ4v) is 6.87. The van der Waals surface area contributed by atoms with Crippen LogP contribution in [0.15, 0.2) is 54.7 Å². The maximum absolute atomic E-state index is 15.3. The number of hydrogen-bond donors (Lipinski definition) is 0. The first-order valence-electron chi connectivity index (χ1n) is 17.1. The lowest BCUT2D eigenvalue weighted by molar-refractivity contribution is -0.164. The number of carbonyl (C=O) groups is 1. The number of piperidine rings is 1. The van der Waals surface area contributed by atoms with Crippen molar-refractivity contribution in [2.24, 2.45) is 0 Å². The molecule has 1 saturated heterocycles. The Morgan fingerprint density at radius 3 is 2.54 bits per heavy atom. The second-order valence-electron chi connectivity index (χ2n) is 14.5. The molecule has 0 radical (unpaired) electrons. The van der Waals surface area contributed by atoms with Crippen LogP contribution in [0.4, 0.5) is 10.2 Å². The topological polar surface area (TPSA) is 74.5 Å². The Kier molecular flexibility index (Phi) is 9.55. The Labute approximate surface area is 283 Å². The monoisotopic (exact) mass is 657 g/mol. The molecular formula is C39H48FN3O5. The van der Waals surface area contributed by atoms with Gasteiger partial charge in [0.2, 0.25) is 0 Å². The lowest BCUT2D eigenvalue weighted by atomic mass is 9.92. The SMILES string of the molecule is COC(=O)C(OC(C)(C)C)c1c(C)cc2nc3cn2c1N1CCC(C)(CC1)OCCCCC(C)Oc1c(F)cccc1-c1cccc-3c1. The highest BCUT2D eigenvalue weighted by atomic mass is 19.1. The Morgan fingerprint density at radius 2 is 1.81 bits per heavy atom. The molecule has 0 spiro atoms. The number of aromatic nitrogens is 2. The summed E-state index contributed by atoms with van der Waals surface area (Å²) in [6.07, 6.45) is 5.18. The van der Waals surface area contributed by atoms with E-state index in [0.29, 0.717) is 12.2 Å². The molecule has 2 atom stereocenters. The fraction of sp³-hybridized carbons (Fsp3) is 0.487. The highest BCUT2D eigenvalue weighted by Gasteiger charge is 2.37. The van der Waals surface area contributed by atoms with Gasteiger partial charge in [-0.25, -0.2) is 14.2 Å². The van der Waals surface area contributed by atoms with E-state index in [1.807, 2.05) is 77.2 Å². The van der Waals surface area contributed by atoms with E-state index < -0.39 is 17.7 Å². The summed E-state index contributed by atoms with van der Waals surface area (Å²) >= 11 is 0. The van der Waals surface area contributed by atoms with Crippen molar-refractivity contribution in [2.75, 3.05) is 31.7 Å². The average Bonchev–Trinajstić information content (AvgIpc) is 3.47. The zero-order chi connectivity index (χ0) is 34.2. The molecule has 7 rings (SSSR count). The summed E-state index contributed by atoms with van der Waals surface area (Å²) in [6.45, 7) is 14.1. The summed E-state index contributed by atoms with van der Waals surface area (Å²) in [5.74, 6) is 0.295. The number of fused-ring (bicyclic) bond motifs is 8. The number of imidazole rings is 1. The smallest absolute Gasteiger partial charge is 0.339 e. The lowest BCUT2D eigenvalue weighted by Crippen LogP contribution is -2.45. The molecule has 3 aliphatic rings. The van der Waals surface area contributed by atoms with Crippen molar-refractivity contribution >= 4 is 17.4 Å². The fourth-order valence-electron chi connectivity index (χ4n) is 6.87. The maximum atomic E-state index is 15.3. The van der Waals surface area contributed by atoms with Crippen LogP contribution >= 0.6 is 0 Å². The maximum Gasteiger partial charge on any atom is 0.339 e. The van der Waals surface area contributed by atoms with Gasteiger partial charge in [0.25, 0.3) is 0 Å².